The number of hydrogen-bond donors (Lipinski definition) is 2. The van der Waals surface area contributed by atoms with Crippen molar-refractivity contribution in [2.75, 3.05) is 12.8 Å². The Hall–Kier alpha value is -1.82. The Morgan fingerprint density at radius 1 is 1.67 bits per heavy atom. The topological polar surface area (TPSA) is 75.0 Å². The Balaban J connectivity index is 2.02. The summed E-state index contributed by atoms with van der Waals surface area (Å²) in [6, 6.07) is 5.77. The fourth-order valence-corrected chi connectivity index (χ4v) is 2.52. The molecule has 0 spiro atoms. The number of carbonyl (C=O) groups is 1. The molecule has 0 aromatic carbocycles. The van der Waals surface area contributed by atoms with Gasteiger partial charge in [0.1, 0.15) is 11.5 Å². The Morgan fingerprint density at radius 2 is 2.44 bits per heavy atom. The fourth-order valence-electron chi connectivity index (χ4n) is 1.69. The minimum Gasteiger partial charge on any atom is -0.382 e. The average Bonchev–Trinajstić information content (AvgIpc) is 2.98. The van der Waals surface area contributed by atoms with Gasteiger partial charge in [-0.05, 0) is 18.4 Å². The summed E-state index contributed by atoms with van der Waals surface area (Å²) in [4.78, 5) is 15.1. The van der Waals surface area contributed by atoms with E-state index in [0.29, 0.717) is 11.5 Å². The van der Waals surface area contributed by atoms with E-state index in [1.165, 1.54) is 4.88 Å². The molecule has 6 heteroatoms. The second-order valence-corrected chi connectivity index (χ2v) is 5.29. The third kappa shape index (κ3) is 2.70. The predicted octanol–water partition coefficient (Wildman–Crippen LogP) is 1.76. The number of nitrogens with one attached hydrogen (secondary N) is 1. The normalized spacial score (nSPS) is 12.3. The summed E-state index contributed by atoms with van der Waals surface area (Å²) >= 11 is 1.70. The molecule has 2 aromatic heterocycles. The molecule has 0 aliphatic heterocycles. The molecule has 0 bridgehead atoms. The molecule has 2 heterocycles. The van der Waals surface area contributed by atoms with Crippen LogP contribution in [0.5, 0.6) is 0 Å². The molecule has 5 nitrogen and oxygen atoms in total. The maximum Gasteiger partial charge on any atom is 0.271 e. The standard InChI is InChI=1S/C12H16N4OS/c1-8(6-9-4-3-5-18-9)16(2)12(17)10-7-11(13)15-14-10/h3-5,7-8H,6H2,1-2H3,(H3,13,14,15). The first-order valence-corrected chi connectivity index (χ1v) is 6.56. The smallest absolute Gasteiger partial charge is 0.271 e. The number of nitrogens with two attached hydrogens (primary N) is 1. The van der Waals surface area contributed by atoms with E-state index >= 15 is 0 Å². The molecule has 3 N–H and O–H groups in total. The Labute approximate surface area is 110 Å². The number of nitrogens with zero attached hydrogens (tertiary/aromatic N) is 2. The average molecular weight is 264 g/mol. The first-order valence-electron chi connectivity index (χ1n) is 5.68. The lowest BCUT2D eigenvalue weighted by Crippen LogP contribution is -2.36. The lowest BCUT2D eigenvalue weighted by molar-refractivity contribution is 0.0738. The lowest BCUT2D eigenvalue weighted by atomic mass is 10.2. The summed E-state index contributed by atoms with van der Waals surface area (Å²) < 4.78 is 0. The Kier molecular flexibility index (Phi) is 3.66. The van der Waals surface area contributed by atoms with Gasteiger partial charge in [0.05, 0.1) is 0 Å². The van der Waals surface area contributed by atoms with Crippen molar-refractivity contribution in [3.63, 3.8) is 0 Å². The summed E-state index contributed by atoms with van der Waals surface area (Å²) in [6.07, 6.45) is 0.851. The summed E-state index contributed by atoms with van der Waals surface area (Å²) in [7, 11) is 1.79. The highest BCUT2D eigenvalue weighted by Crippen LogP contribution is 2.15. The van der Waals surface area contributed by atoms with Crippen LogP contribution in [0.2, 0.25) is 0 Å². The molecule has 96 valence electrons. The summed E-state index contributed by atoms with van der Waals surface area (Å²) in [5.74, 6) is 0.237. The van der Waals surface area contributed by atoms with Crippen molar-refractivity contribution in [1.82, 2.24) is 15.1 Å². The van der Waals surface area contributed by atoms with E-state index in [2.05, 4.69) is 16.3 Å². The molecule has 0 saturated heterocycles. The predicted molar refractivity (Wildman–Crippen MR) is 72.6 cm³/mol. The maximum atomic E-state index is 12.1. The molecule has 18 heavy (non-hydrogen) atoms. The van der Waals surface area contributed by atoms with Gasteiger partial charge < -0.3 is 10.6 Å². The van der Waals surface area contributed by atoms with E-state index in [0.717, 1.165) is 6.42 Å². The maximum absolute atomic E-state index is 12.1. The van der Waals surface area contributed by atoms with E-state index in [9.17, 15) is 4.79 Å². The van der Waals surface area contributed by atoms with Crippen LogP contribution < -0.4 is 5.73 Å². The highest BCUT2D eigenvalue weighted by Gasteiger charge is 2.19. The SMILES string of the molecule is CC(Cc1cccs1)N(C)C(=O)c1cc(N)n[nH]1. The van der Waals surface area contributed by atoms with E-state index in [4.69, 9.17) is 5.73 Å². The largest absolute Gasteiger partial charge is 0.382 e. The first kappa shape index (κ1) is 12.6. The van der Waals surface area contributed by atoms with Gasteiger partial charge >= 0.3 is 0 Å². The number of thiophene rings is 1. The highest BCUT2D eigenvalue weighted by atomic mass is 32.1. The molecular formula is C12H16N4OS. The highest BCUT2D eigenvalue weighted by molar-refractivity contribution is 7.09. The number of aromatic amines is 1. The van der Waals surface area contributed by atoms with Gasteiger partial charge in [-0.2, -0.15) is 5.10 Å². The molecule has 0 fully saturated rings. The van der Waals surface area contributed by atoms with Gasteiger partial charge in [-0.25, -0.2) is 0 Å². The lowest BCUT2D eigenvalue weighted by Gasteiger charge is -2.23. The summed E-state index contributed by atoms with van der Waals surface area (Å²) in [5, 5.41) is 8.44. The van der Waals surface area contributed by atoms with Crippen molar-refractivity contribution in [3.8, 4) is 0 Å². The van der Waals surface area contributed by atoms with Crippen LogP contribution in [-0.4, -0.2) is 34.1 Å². The van der Waals surface area contributed by atoms with Crippen molar-refractivity contribution < 1.29 is 4.79 Å². The molecule has 2 aromatic rings. The van der Waals surface area contributed by atoms with E-state index in [-0.39, 0.29) is 11.9 Å². The third-order valence-electron chi connectivity index (χ3n) is 2.89. The van der Waals surface area contributed by atoms with Crippen LogP contribution in [0.1, 0.15) is 22.3 Å². The molecule has 1 amide bonds. The van der Waals surface area contributed by atoms with Gasteiger partial charge in [-0.15, -0.1) is 11.3 Å². The van der Waals surface area contributed by atoms with Gasteiger partial charge in [0.15, 0.2) is 0 Å². The van der Waals surface area contributed by atoms with Crippen LogP contribution in [0.15, 0.2) is 23.6 Å². The van der Waals surface area contributed by atoms with Gasteiger partial charge in [0, 0.05) is 30.5 Å². The molecule has 0 aliphatic rings. The van der Waals surface area contributed by atoms with Crippen molar-refractivity contribution in [1.29, 1.82) is 0 Å². The van der Waals surface area contributed by atoms with E-state index < -0.39 is 0 Å². The number of anilines is 1. The van der Waals surface area contributed by atoms with Crippen LogP contribution in [0.3, 0.4) is 0 Å². The number of carbonyl (C=O) groups excluding carboxylic acids is 1. The Bertz CT molecular complexity index is 520. The minimum atomic E-state index is -0.0942. The number of likely N-dealkylation sites (N-methyl/N-ethyl adjacent to an activating group) is 1. The zero-order valence-corrected chi connectivity index (χ0v) is 11.2. The zero-order chi connectivity index (χ0) is 13.1. The van der Waals surface area contributed by atoms with Crippen LogP contribution in [0.4, 0.5) is 5.82 Å². The second kappa shape index (κ2) is 5.22. The number of H-pyrrole nitrogens is 1. The molecule has 0 aliphatic carbocycles. The molecule has 1 unspecified atom stereocenters. The summed E-state index contributed by atoms with van der Waals surface area (Å²) in [6.45, 7) is 2.03. The fraction of sp³-hybridized carbons (Fsp3) is 0.333. The van der Waals surface area contributed by atoms with E-state index in [1.54, 1.807) is 29.4 Å². The molecule has 0 radical (unpaired) electrons. The number of hydrogen-bond acceptors (Lipinski definition) is 4. The van der Waals surface area contributed by atoms with Gasteiger partial charge in [0.2, 0.25) is 0 Å². The van der Waals surface area contributed by atoms with Crippen LogP contribution >= 0.6 is 11.3 Å². The van der Waals surface area contributed by atoms with Crippen LogP contribution in [0.25, 0.3) is 0 Å². The monoisotopic (exact) mass is 264 g/mol. The minimum absolute atomic E-state index is 0.0942. The van der Waals surface area contributed by atoms with Crippen molar-refractivity contribution in [2.24, 2.45) is 0 Å². The number of amides is 1. The Morgan fingerprint density at radius 3 is 3.00 bits per heavy atom. The van der Waals surface area contributed by atoms with Crippen molar-refractivity contribution in [2.45, 2.75) is 19.4 Å². The van der Waals surface area contributed by atoms with Crippen molar-refractivity contribution >= 4 is 23.1 Å². The number of rotatable bonds is 4. The number of nitrogen functional groups attached to an aromatic ring is 1. The zero-order valence-electron chi connectivity index (χ0n) is 10.4. The molecular weight excluding hydrogens is 248 g/mol. The third-order valence-corrected chi connectivity index (χ3v) is 3.78. The quantitative estimate of drug-likeness (QED) is 0.883. The molecule has 1 atom stereocenters. The second-order valence-electron chi connectivity index (χ2n) is 4.26. The van der Waals surface area contributed by atoms with Gasteiger partial charge in [0.25, 0.3) is 5.91 Å². The van der Waals surface area contributed by atoms with E-state index in [1.807, 2.05) is 18.4 Å². The summed E-state index contributed by atoms with van der Waals surface area (Å²) in [5.41, 5.74) is 5.91. The number of aromatic nitrogens is 2. The first-order chi connectivity index (χ1) is 8.58. The van der Waals surface area contributed by atoms with Gasteiger partial charge in [-0.3, -0.25) is 9.89 Å². The molecule has 0 saturated carbocycles. The van der Waals surface area contributed by atoms with Crippen molar-refractivity contribution in [3.05, 3.63) is 34.2 Å². The van der Waals surface area contributed by atoms with Crippen LogP contribution in [0, 0.1) is 0 Å². The van der Waals surface area contributed by atoms with Crippen LogP contribution in [-0.2, 0) is 6.42 Å². The molecule has 2 rings (SSSR count). The van der Waals surface area contributed by atoms with Gasteiger partial charge in [-0.1, -0.05) is 6.07 Å².